The molecule has 1 nitrogen and oxygen atoms in total. The van der Waals surface area contributed by atoms with Crippen LogP contribution in [0.25, 0.3) is 0 Å². The van der Waals surface area contributed by atoms with Crippen molar-refractivity contribution in [2.45, 2.75) is 105 Å². The van der Waals surface area contributed by atoms with E-state index in [0.717, 1.165) is 36.8 Å². The minimum atomic E-state index is -0.0906. The first-order valence-electron chi connectivity index (χ1n) is 11.3. The monoisotopic (exact) mass is 393 g/mol. The SMILES string of the molecule is CCCc1cc(C(C)c2cc(CCC)cc(C(C)(C)C)c2O)[c]c(C(C)(C)C)c1. The van der Waals surface area contributed by atoms with Crippen LogP contribution in [0.5, 0.6) is 5.75 Å². The van der Waals surface area contributed by atoms with E-state index in [-0.39, 0.29) is 16.7 Å². The van der Waals surface area contributed by atoms with Crippen molar-refractivity contribution in [3.8, 4) is 5.75 Å². The lowest BCUT2D eigenvalue weighted by molar-refractivity contribution is 0.438. The van der Waals surface area contributed by atoms with Gasteiger partial charge in [0.05, 0.1) is 0 Å². The molecule has 0 aliphatic carbocycles. The van der Waals surface area contributed by atoms with Gasteiger partial charge in [0.1, 0.15) is 5.75 Å². The van der Waals surface area contributed by atoms with Crippen LogP contribution in [0.1, 0.15) is 114 Å². The Labute approximate surface area is 179 Å². The topological polar surface area (TPSA) is 20.2 Å². The lowest BCUT2D eigenvalue weighted by atomic mass is 9.79. The molecule has 0 aliphatic rings. The van der Waals surface area contributed by atoms with Gasteiger partial charge in [-0.05, 0) is 57.6 Å². The predicted octanol–water partition coefficient (Wildman–Crippen LogP) is 7.84. The van der Waals surface area contributed by atoms with Crippen LogP contribution in [-0.2, 0) is 23.7 Å². The van der Waals surface area contributed by atoms with Gasteiger partial charge >= 0.3 is 0 Å². The summed E-state index contributed by atoms with van der Waals surface area (Å²) in [7, 11) is 0. The highest BCUT2D eigenvalue weighted by molar-refractivity contribution is 5.51. The summed E-state index contributed by atoms with van der Waals surface area (Å²) in [5.74, 6) is 0.558. The normalized spacial score (nSPS) is 13.6. The maximum atomic E-state index is 11.2. The van der Waals surface area contributed by atoms with E-state index in [2.05, 4.69) is 92.6 Å². The van der Waals surface area contributed by atoms with E-state index < -0.39 is 0 Å². The first kappa shape index (κ1) is 23.5. The van der Waals surface area contributed by atoms with Crippen molar-refractivity contribution in [2.24, 2.45) is 0 Å². The molecule has 0 bridgehead atoms. The summed E-state index contributed by atoms with van der Waals surface area (Å²) in [5.41, 5.74) is 7.18. The zero-order valence-corrected chi connectivity index (χ0v) is 20.2. The zero-order valence-electron chi connectivity index (χ0n) is 20.2. The number of hydrogen-bond acceptors (Lipinski definition) is 1. The van der Waals surface area contributed by atoms with Crippen LogP contribution in [0.15, 0.2) is 24.3 Å². The van der Waals surface area contributed by atoms with Gasteiger partial charge in [-0.25, -0.2) is 0 Å². The third kappa shape index (κ3) is 5.65. The van der Waals surface area contributed by atoms with Gasteiger partial charge in [-0.1, -0.05) is 99.4 Å². The third-order valence-electron chi connectivity index (χ3n) is 5.78. The van der Waals surface area contributed by atoms with E-state index in [1.54, 1.807) is 0 Å². The summed E-state index contributed by atoms with van der Waals surface area (Å²) in [6.07, 6.45) is 4.35. The fourth-order valence-electron chi connectivity index (χ4n) is 3.95. The summed E-state index contributed by atoms with van der Waals surface area (Å²) in [4.78, 5) is 0. The largest absolute Gasteiger partial charge is 0.507 e. The maximum absolute atomic E-state index is 11.2. The van der Waals surface area contributed by atoms with Gasteiger partial charge in [-0.2, -0.15) is 0 Å². The lowest BCUT2D eigenvalue weighted by Gasteiger charge is -2.27. The molecule has 0 saturated heterocycles. The molecule has 1 atom stereocenters. The van der Waals surface area contributed by atoms with Crippen molar-refractivity contribution in [3.63, 3.8) is 0 Å². The number of aromatic hydroxyl groups is 1. The summed E-state index contributed by atoms with van der Waals surface area (Å²) in [6, 6.07) is 12.7. The predicted molar refractivity (Wildman–Crippen MR) is 126 cm³/mol. The highest BCUT2D eigenvalue weighted by Gasteiger charge is 2.25. The molecule has 0 spiro atoms. The number of hydrogen-bond donors (Lipinski definition) is 1. The minimum Gasteiger partial charge on any atom is -0.507 e. The van der Waals surface area contributed by atoms with Crippen LogP contribution < -0.4 is 0 Å². The third-order valence-corrected chi connectivity index (χ3v) is 5.78. The van der Waals surface area contributed by atoms with E-state index in [4.69, 9.17) is 0 Å². The average Bonchev–Trinajstić information content (AvgIpc) is 2.61. The Hall–Kier alpha value is -1.76. The van der Waals surface area contributed by atoms with Crippen LogP contribution in [-0.4, -0.2) is 5.11 Å². The van der Waals surface area contributed by atoms with Gasteiger partial charge < -0.3 is 5.11 Å². The molecule has 0 amide bonds. The highest BCUT2D eigenvalue weighted by Crippen LogP contribution is 2.40. The van der Waals surface area contributed by atoms with Crippen molar-refractivity contribution >= 4 is 0 Å². The van der Waals surface area contributed by atoms with Crippen molar-refractivity contribution < 1.29 is 5.11 Å². The molecular weight excluding hydrogens is 352 g/mol. The van der Waals surface area contributed by atoms with Crippen molar-refractivity contribution in [2.75, 3.05) is 0 Å². The Morgan fingerprint density at radius 2 is 1.38 bits per heavy atom. The van der Waals surface area contributed by atoms with Gasteiger partial charge in [-0.15, -0.1) is 0 Å². The number of benzene rings is 2. The van der Waals surface area contributed by atoms with Gasteiger partial charge in [0.25, 0.3) is 0 Å². The van der Waals surface area contributed by atoms with Crippen LogP contribution in [0.4, 0.5) is 0 Å². The molecule has 1 unspecified atom stereocenters. The molecule has 2 aromatic rings. The molecule has 29 heavy (non-hydrogen) atoms. The molecule has 1 heteroatoms. The molecule has 0 aromatic heterocycles. The summed E-state index contributed by atoms with van der Waals surface area (Å²) < 4.78 is 0. The van der Waals surface area contributed by atoms with Crippen LogP contribution in [0.2, 0.25) is 0 Å². The molecule has 0 heterocycles. The van der Waals surface area contributed by atoms with E-state index in [0.29, 0.717) is 5.75 Å². The first-order chi connectivity index (χ1) is 13.4. The van der Waals surface area contributed by atoms with E-state index >= 15 is 0 Å². The fourth-order valence-corrected chi connectivity index (χ4v) is 3.95. The van der Waals surface area contributed by atoms with Crippen molar-refractivity contribution in [3.05, 3.63) is 63.7 Å². The Morgan fingerprint density at radius 1 is 0.828 bits per heavy atom. The zero-order chi connectivity index (χ0) is 22.0. The quantitative estimate of drug-likeness (QED) is 0.530. The lowest BCUT2D eigenvalue weighted by Crippen LogP contribution is -2.15. The van der Waals surface area contributed by atoms with Gasteiger partial charge in [0.15, 0.2) is 0 Å². The Kier molecular flexibility index (Phi) is 7.25. The summed E-state index contributed by atoms with van der Waals surface area (Å²) in [5, 5.41) is 11.2. The van der Waals surface area contributed by atoms with E-state index in [1.807, 2.05) is 0 Å². The van der Waals surface area contributed by atoms with Crippen LogP contribution in [0, 0.1) is 6.07 Å². The van der Waals surface area contributed by atoms with Crippen LogP contribution >= 0.6 is 0 Å². The molecule has 159 valence electrons. The van der Waals surface area contributed by atoms with Crippen molar-refractivity contribution in [1.82, 2.24) is 0 Å². The van der Waals surface area contributed by atoms with Gasteiger partial charge in [-0.3, -0.25) is 0 Å². The second kappa shape index (κ2) is 8.94. The molecule has 2 rings (SSSR count). The Morgan fingerprint density at radius 3 is 1.86 bits per heavy atom. The minimum absolute atomic E-state index is 0.0564. The van der Waals surface area contributed by atoms with Crippen LogP contribution in [0.3, 0.4) is 0 Å². The average molecular weight is 394 g/mol. The second-order valence-corrected chi connectivity index (χ2v) is 10.7. The highest BCUT2D eigenvalue weighted by atomic mass is 16.3. The van der Waals surface area contributed by atoms with E-state index in [9.17, 15) is 5.11 Å². The standard InChI is InChI=1S/C28H41O/c1-10-12-20-14-22(18-23(15-20)27(4,5)6)19(3)24-16-21(13-11-2)17-25(26(24)29)28(7,8)9/h14-17,19,29H,10-13H2,1-9H3. The van der Waals surface area contributed by atoms with Gasteiger partial charge in [0.2, 0.25) is 0 Å². The van der Waals surface area contributed by atoms with Crippen molar-refractivity contribution in [1.29, 1.82) is 0 Å². The molecular formula is C28H41O. The molecule has 2 aromatic carbocycles. The smallest absolute Gasteiger partial charge is 0.123 e. The summed E-state index contributed by atoms with van der Waals surface area (Å²) in [6.45, 7) is 19.9. The Balaban J connectivity index is 2.66. The number of phenolic OH excluding ortho intramolecular Hbond substituents is 1. The number of rotatable bonds is 6. The maximum Gasteiger partial charge on any atom is 0.123 e. The molecule has 0 fully saturated rings. The number of aryl methyl sites for hydroxylation is 2. The fraction of sp³-hybridized carbons (Fsp3) is 0.571. The van der Waals surface area contributed by atoms with E-state index in [1.165, 1.54) is 22.3 Å². The molecule has 0 saturated carbocycles. The summed E-state index contributed by atoms with van der Waals surface area (Å²) >= 11 is 0. The number of phenols is 1. The van der Waals surface area contributed by atoms with Gasteiger partial charge in [0, 0.05) is 11.5 Å². The molecule has 1 N–H and O–H groups in total. The molecule has 0 aliphatic heterocycles. The second-order valence-electron chi connectivity index (χ2n) is 10.7. The first-order valence-corrected chi connectivity index (χ1v) is 11.3. The molecule has 1 radical (unpaired) electrons. The Bertz CT molecular complexity index is 831.